The number of carbonyl (C=O) groups excluding carboxylic acids is 1. The van der Waals surface area contributed by atoms with E-state index in [9.17, 15) is 4.79 Å². The fourth-order valence-corrected chi connectivity index (χ4v) is 1.69. The Bertz CT molecular complexity index is 141. The van der Waals surface area contributed by atoms with E-state index in [1.54, 1.807) is 4.90 Å². The summed E-state index contributed by atoms with van der Waals surface area (Å²) < 4.78 is 0. The van der Waals surface area contributed by atoms with Gasteiger partial charge in [-0.1, -0.05) is 0 Å². The molecular weight excluding hydrogens is 152 g/mol. The quantitative estimate of drug-likeness (QED) is 0.573. The van der Waals surface area contributed by atoms with E-state index in [1.165, 1.54) is 25.9 Å². The highest BCUT2D eigenvalue weighted by molar-refractivity contribution is 5.46. The Hall–Kier alpha value is -0.570. The molecule has 12 heavy (non-hydrogen) atoms. The molecule has 1 saturated heterocycles. The molecule has 1 fully saturated rings. The van der Waals surface area contributed by atoms with Crippen LogP contribution in [0.25, 0.3) is 0 Å². The van der Waals surface area contributed by atoms with Crippen molar-refractivity contribution in [3.63, 3.8) is 0 Å². The van der Waals surface area contributed by atoms with Crippen molar-refractivity contribution in [2.75, 3.05) is 33.7 Å². The van der Waals surface area contributed by atoms with Crippen molar-refractivity contribution in [1.29, 1.82) is 0 Å². The fourth-order valence-electron chi connectivity index (χ4n) is 1.69. The van der Waals surface area contributed by atoms with Crippen LogP contribution in [0.5, 0.6) is 0 Å². The summed E-state index contributed by atoms with van der Waals surface area (Å²) in [7, 11) is 4.00. The Balaban J connectivity index is 2.21. The molecule has 1 heterocycles. The van der Waals surface area contributed by atoms with E-state index in [-0.39, 0.29) is 0 Å². The highest BCUT2D eigenvalue weighted by Crippen LogP contribution is 2.15. The van der Waals surface area contributed by atoms with Crippen LogP contribution in [0.4, 0.5) is 0 Å². The van der Waals surface area contributed by atoms with Crippen molar-refractivity contribution in [2.45, 2.75) is 12.8 Å². The minimum Gasteiger partial charge on any atom is -0.348 e. The molecule has 1 amide bonds. The number of hydrogen-bond acceptors (Lipinski definition) is 2. The molecule has 0 aliphatic carbocycles. The number of piperidine rings is 1. The Morgan fingerprint density at radius 3 is 2.58 bits per heavy atom. The average Bonchev–Trinajstić information content (AvgIpc) is 2.09. The zero-order chi connectivity index (χ0) is 8.97. The second-order valence-electron chi connectivity index (χ2n) is 3.79. The molecule has 0 aromatic rings. The second kappa shape index (κ2) is 4.45. The molecule has 0 bridgehead atoms. The molecule has 1 rings (SSSR count). The molecule has 70 valence electrons. The van der Waals surface area contributed by atoms with Crippen molar-refractivity contribution in [1.82, 2.24) is 9.80 Å². The molecule has 0 aromatic carbocycles. The van der Waals surface area contributed by atoms with Crippen LogP contribution in [-0.4, -0.2) is 49.9 Å². The van der Waals surface area contributed by atoms with Crippen LogP contribution in [-0.2, 0) is 4.79 Å². The van der Waals surface area contributed by atoms with Gasteiger partial charge in [0.25, 0.3) is 0 Å². The van der Waals surface area contributed by atoms with Gasteiger partial charge in [-0.3, -0.25) is 4.79 Å². The summed E-state index contributed by atoms with van der Waals surface area (Å²) in [5, 5.41) is 0. The van der Waals surface area contributed by atoms with Gasteiger partial charge in [-0.05, 0) is 38.9 Å². The number of carbonyl (C=O) groups is 1. The molecule has 0 atom stereocenters. The number of hydrogen-bond donors (Lipinski definition) is 0. The van der Waals surface area contributed by atoms with E-state index < -0.39 is 0 Å². The summed E-state index contributed by atoms with van der Waals surface area (Å²) in [6.45, 7) is 3.28. The molecule has 0 unspecified atom stereocenters. The van der Waals surface area contributed by atoms with E-state index >= 15 is 0 Å². The Morgan fingerprint density at radius 1 is 1.50 bits per heavy atom. The van der Waals surface area contributed by atoms with E-state index in [4.69, 9.17) is 0 Å². The van der Waals surface area contributed by atoms with Gasteiger partial charge >= 0.3 is 0 Å². The van der Waals surface area contributed by atoms with Gasteiger partial charge in [0.05, 0.1) is 0 Å². The van der Waals surface area contributed by atoms with Gasteiger partial charge in [0.15, 0.2) is 0 Å². The molecule has 0 aromatic heterocycles. The van der Waals surface area contributed by atoms with Crippen LogP contribution in [0.3, 0.4) is 0 Å². The molecule has 3 nitrogen and oxygen atoms in total. The molecule has 0 radical (unpaired) electrons. The molecule has 0 spiro atoms. The van der Waals surface area contributed by atoms with E-state index in [2.05, 4.69) is 11.9 Å². The monoisotopic (exact) mass is 170 g/mol. The van der Waals surface area contributed by atoms with Gasteiger partial charge in [-0.2, -0.15) is 0 Å². The van der Waals surface area contributed by atoms with Gasteiger partial charge in [0.1, 0.15) is 0 Å². The average molecular weight is 170 g/mol. The summed E-state index contributed by atoms with van der Waals surface area (Å²) in [6, 6.07) is 0. The normalized spacial score (nSPS) is 20.8. The summed E-state index contributed by atoms with van der Waals surface area (Å²) in [4.78, 5) is 14.4. The van der Waals surface area contributed by atoms with Crippen LogP contribution in [0.15, 0.2) is 0 Å². The fraction of sp³-hybridized carbons (Fsp3) is 0.889. The largest absolute Gasteiger partial charge is 0.348 e. The third-order valence-electron chi connectivity index (χ3n) is 2.56. The summed E-state index contributed by atoms with van der Waals surface area (Å²) in [5.41, 5.74) is 0. The number of amides is 1. The lowest BCUT2D eigenvalue weighted by molar-refractivity contribution is -0.117. The number of likely N-dealkylation sites (tertiary alicyclic amines) is 1. The van der Waals surface area contributed by atoms with E-state index in [0.29, 0.717) is 0 Å². The lowest BCUT2D eigenvalue weighted by Gasteiger charge is -2.30. The zero-order valence-electron chi connectivity index (χ0n) is 7.99. The third-order valence-corrected chi connectivity index (χ3v) is 2.56. The first-order chi connectivity index (χ1) is 5.72. The zero-order valence-corrected chi connectivity index (χ0v) is 7.99. The smallest absolute Gasteiger partial charge is 0.209 e. The summed E-state index contributed by atoms with van der Waals surface area (Å²) in [6.07, 6.45) is 3.38. The Kier molecular flexibility index (Phi) is 3.53. The highest BCUT2D eigenvalue weighted by Gasteiger charge is 2.17. The maximum atomic E-state index is 10.4. The third kappa shape index (κ3) is 2.81. The minimum atomic E-state index is 0.719. The van der Waals surface area contributed by atoms with Gasteiger partial charge in [0.2, 0.25) is 6.41 Å². The van der Waals surface area contributed by atoms with E-state index in [1.807, 2.05) is 7.05 Å². The first-order valence-corrected chi connectivity index (χ1v) is 4.56. The Morgan fingerprint density at radius 2 is 2.08 bits per heavy atom. The lowest BCUT2D eigenvalue weighted by Crippen LogP contribution is -2.35. The van der Waals surface area contributed by atoms with Crippen LogP contribution in [0.1, 0.15) is 12.8 Å². The molecule has 1 aliphatic rings. The van der Waals surface area contributed by atoms with Gasteiger partial charge in [-0.25, -0.2) is 0 Å². The van der Waals surface area contributed by atoms with Crippen molar-refractivity contribution in [3.8, 4) is 0 Å². The topological polar surface area (TPSA) is 23.6 Å². The predicted molar refractivity (Wildman–Crippen MR) is 48.9 cm³/mol. The van der Waals surface area contributed by atoms with E-state index in [0.717, 1.165) is 18.9 Å². The van der Waals surface area contributed by atoms with Gasteiger partial charge in [-0.15, -0.1) is 0 Å². The first-order valence-electron chi connectivity index (χ1n) is 4.56. The van der Waals surface area contributed by atoms with Gasteiger partial charge in [0, 0.05) is 13.6 Å². The highest BCUT2D eigenvalue weighted by atomic mass is 16.1. The number of rotatable bonds is 3. The SMILES string of the molecule is CN(C=O)CC1CCN(C)CC1. The Labute approximate surface area is 74.3 Å². The predicted octanol–water partition coefficient (Wildman–Crippen LogP) is 0.416. The van der Waals surface area contributed by atoms with Crippen LogP contribution < -0.4 is 0 Å². The number of nitrogens with zero attached hydrogens (tertiary/aromatic N) is 2. The molecule has 0 saturated carbocycles. The van der Waals surface area contributed by atoms with Gasteiger partial charge < -0.3 is 9.80 Å². The molecular formula is C9H18N2O. The summed E-state index contributed by atoms with van der Waals surface area (Å²) >= 11 is 0. The molecule has 3 heteroatoms. The lowest BCUT2D eigenvalue weighted by atomic mass is 9.97. The van der Waals surface area contributed by atoms with Crippen molar-refractivity contribution >= 4 is 6.41 Å². The standard InChI is InChI=1S/C9H18N2O/c1-10-5-3-9(4-6-10)7-11(2)8-12/h8-9H,3-7H2,1-2H3. The van der Waals surface area contributed by atoms with Crippen LogP contribution in [0, 0.1) is 5.92 Å². The summed E-state index contributed by atoms with van der Waals surface area (Å²) in [5.74, 6) is 0.719. The van der Waals surface area contributed by atoms with Crippen LogP contribution in [0.2, 0.25) is 0 Å². The molecule has 1 aliphatic heterocycles. The molecule has 0 N–H and O–H groups in total. The minimum absolute atomic E-state index is 0.719. The second-order valence-corrected chi connectivity index (χ2v) is 3.79. The maximum absolute atomic E-state index is 10.4. The maximum Gasteiger partial charge on any atom is 0.209 e. The van der Waals surface area contributed by atoms with Crippen LogP contribution >= 0.6 is 0 Å². The van der Waals surface area contributed by atoms with Crippen molar-refractivity contribution in [3.05, 3.63) is 0 Å². The van der Waals surface area contributed by atoms with Crippen molar-refractivity contribution < 1.29 is 4.79 Å². The van der Waals surface area contributed by atoms with Crippen molar-refractivity contribution in [2.24, 2.45) is 5.92 Å². The first kappa shape index (κ1) is 9.52.